The molecule has 0 aliphatic heterocycles. The number of para-hydroxylation sites is 1. The third-order valence-electron chi connectivity index (χ3n) is 3.82. The highest BCUT2D eigenvalue weighted by atomic mass is 19.3. The number of rotatable bonds is 6. The number of benzene rings is 2. The van der Waals surface area contributed by atoms with E-state index in [0.29, 0.717) is 28.3 Å². The minimum atomic E-state index is -2.96. The predicted molar refractivity (Wildman–Crippen MR) is 106 cm³/mol. The van der Waals surface area contributed by atoms with E-state index in [2.05, 4.69) is 20.0 Å². The molecule has 1 amide bonds. The van der Waals surface area contributed by atoms with Crippen LogP contribution in [0, 0.1) is 6.92 Å². The topological polar surface area (TPSA) is 84.1 Å². The van der Waals surface area contributed by atoms with Gasteiger partial charge in [0.2, 0.25) is 5.91 Å². The van der Waals surface area contributed by atoms with Gasteiger partial charge in [0.1, 0.15) is 11.6 Å². The van der Waals surface area contributed by atoms with Crippen LogP contribution in [0.2, 0.25) is 0 Å². The molecule has 0 aliphatic rings. The van der Waals surface area contributed by atoms with Gasteiger partial charge in [-0.2, -0.15) is 8.78 Å². The van der Waals surface area contributed by atoms with Crippen molar-refractivity contribution in [3.8, 4) is 17.1 Å². The van der Waals surface area contributed by atoms with Gasteiger partial charge >= 0.3 is 6.61 Å². The van der Waals surface area contributed by atoms with Crippen LogP contribution in [0.1, 0.15) is 11.3 Å². The second-order valence-corrected chi connectivity index (χ2v) is 6.06. The predicted octanol–water partition coefficient (Wildman–Crippen LogP) is 4.00. The molecule has 0 unspecified atom stereocenters. The summed E-state index contributed by atoms with van der Waals surface area (Å²) >= 11 is 0. The van der Waals surface area contributed by atoms with E-state index in [1.54, 1.807) is 49.4 Å². The van der Waals surface area contributed by atoms with Gasteiger partial charge in [-0.3, -0.25) is 9.59 Å². The van der Waals surface area contributed by atoms with E-state index in [4.69, 9.17) is 0 Å². The summed E-state index contributed by atoms with van der Waals surface area (Å²) in [6, 6.07) is 14.3. The van der Waals surface area contributed by atoms with Crippen molar-refractivity contribution in [2.75, 3.05) is 5.32 Å². The lowest BCUT2D eigenvalue weighted by molar-refractivity contribution is -0.111. The van der Waals surface area contributed by atoms with Gasteiger partial charge in [-0.1, -0.05) is 30.3 Å². The van der Waals surface area contributed by atoms with Crippen LogP contribution >= 0.6 is 0 Å². The summed E-state index contributed by atoms with van der Waals surface area (Å²) < 4.78 is 29.4. The number of aromatic nitrogens is 2. The highest BCUT2D eigenvalue weighted by molar-refractivity contribution is 6.02. The third kappa shape index (κ3) is 5.58. The molecule has 0 atom stereocenters. The van der Waals surface area contributed by atoms with E-state index in [1.165, 1.54) is 24.3 Å². The fourth-order valence-electron chi connectivity index (χ4n) is 2.63. The van der Waals surface area contributed by atoms with Crippen LogP contribution in [0.25, 0.3) is 17.5 Å². The smallest absolute Gasteiger partial charge is 0.387 e. The first-order chi connectivity index (χ1) is 13.9. The summed E-state index contributed by atoms with van der Waals surface area (Å²) in [5.74, 6) is -0.0950. The second-order valence-electron chi connectivity index (χ2n) is 6.06. The molecular weight excluding hydrogens is 380 g/mol. The second kappa shape index (κ2) is 8.92. The van der Waals surface area contributed by atoms with Crippen molar-refractivity contribution >= 4 is 17.7 Å². The van der Waals surface area contributed by atoms with Crippen molar-refractivity contribution in [1.29, 1.82) is 0 Å². The largest absolute Gasteiger partial charge is 0.434 e. The van der Waals surface area contributed by atoms with Crippen LogP contribution in [0.3, 0.4) is 0 Å². The standard InChI is InChI=1S/C21H17F2N3O3/c1-13-11-19(28)26-20(24-13)15-6-4-7-16(12-15)25-18(27)10-9-14-5-2-3-8-17(14)29-21(22)23/h2-12,21H,1H3,(H,25,27)(H,24,26,28). The summed E-state index contributed by atoms with van der Waals surface area (Å²) in [4.78, 5) is 30.8. The Bertz CT molecular complexity index is 1110. The van der Waals surface area contributed by atoms with Crippen LogP contribution in [0.5, 0.6) is 5.75 Å². The molecule has 1 aromatic heterocycles. The van der Waals surface area contributed by atoms with Gasteiger partial charge < -0.3 is 15.0 Å². The van der Waals surface area contributed by atoms with Gasteiger partial charge in [0.25, 0.3) is 5.56 Å². The number of carbonyl (C=O) groups excluding carboxylic acids is 1. The number of aryl methyl sites for hydroxylation is 1. The van der Waals surface area contributed by atoms with Crippen LogP contribution < -0.4 is 15.6 Å². The van der Waals surface area contributed by atoms with Crippen LogP contribution in [-0.4, -0.2) is 22.5 Å². The Morgan fingerprint density at radius 1 is 1.17 bits per heavy atom. The van der Waals surface area contributed by atoms with Crippen molar-refractivity contribution in [3.05, 3.63) is 82.3 Å². The Kier molecular flexibility index (Phi) is 6.13. The maximum Gasteiger partial charge on any atom is 0.387 e. The maximum absolute atomic E-state index is 12.5. The van der Waals surface area contributed by atoms with Crippen LogP contribution in [0.4, 0.5) is 14.5 Å². The molecule has 0 saturated carbocycles. The normalized spacial score (nSPS) is 11.0. The fraction of sp³-hybridized carbons (Fsp3) is 0.0952. The molecule has 3 rings (SSSR count). The fourth-order valence-corrected chi connectivity index (χ4v) is 2.63. The first-order valence-electron chi connectivity index (χ1n) is 8.62. The van der Waals surface area contributed by atoms with Gasteiger partial charge in [-0.05, 0) is 31.2 Å². The molecule has 29 heavy (non-hydrogen) atoms. The number of nitrogens with one attached hydrogen (secondary N) is 2. The molecule has 0 radical (unpaired) electrons. The average Bonchev–Trinajstić information content (AvgIpc) is 2.66. The molecule has 0 saturated heterocycles. The van der Waals surface area contributed by atoms with E-state index in [9.17, 15) is 18.4 Å². The first-order valence-corrected chi connectivity index (χ1v) is 8.62. The number of aromatic amines is 1. The minimum Gasteiger partial charge on any atom is -0.434 e. The SMILES string of the molecule is Cc1cc(=O)[nH]c(-c2cccc(NC(=O)C=Cc3ccccc3OC(F)F)c2)n1. The summed E-state index contributed by atoms with van der Waals surface area (Å²) in [5, 5.41) is 2.68. The minimum absolute atomic E-state index is 0.0250. The maximum atomic E-state index is 12.5. The molecule has 2 N–H and O–H groups in total. The molecule has 6 nitrogen and oxygen atoms in total. The van der Waals surface area contributed by atoms with Gasteiger partial charge in [0, 0.05) is 34.7 Å². The van der Waals surface area contributed by atoms with E-state index < -0.39 is 12.5 Å². The molecule has 0 bridgehead atoms. The zero-order valence-corrected chi connectivity index (χ0v) is 15.4. The monoisotopic (exact) mass is 397 g/mol. The lowest BCUT2D eigenvalue weighted by atomic mass is 10.1. The zero-order chi connectivity index (χ0) is 20.8. The Balaban J connectivity index is 1.75. The van der Waals surface area contributed by atoms with Crippen molar-refractivity contribution in [1.82, 2.24) is 9.97 Å². The lowest BCUT2D eigenvalue weighted by Crippen LogP contribution is -2.10. The zero-order valence-electron chi connectivity index (χ0n) is 15.4. The third-order valence-corrected chi connectivity index (χ3v) is 3.82. The van der Waals surface area contributed by atoms with E-state index in [-0.39, 0.29) is 11.3 Å². The number of anilines is 1. The van der Waals surface area contributed by atoms with Gasteiger partial charge in [-0.15, -0.1) is 0 Å². The molecule has 2 aromatic carbocycles. The number of ether oxygens (including phenoxy) is 1. The Morgan fingerprint density at radius 3 is 2.72 bits per heavy atom. The highest BCUT2D eigenvalue weighted by Gasteiger charge is 2.08. The summed E-state index contributed by atoms with van der Waals surface area (Å²) in [7, 11) is 0. The molecular formula is C21H17F2N3O3. The van der Waals surface area contributed by atoms with Crippen molar-refractivity contribution < 1.29 is 18.3 Å². The Morgan fingerprint density at radius 2 is 1.97 bits per heavy atom. The van der Waals surface area contributed by atoms with E-state index in [1.807, 2.05) is 0 Å². The van der Waals surface area contributed by atoms with Gasteiger partial charge in [0.15, 0.2) is 0 Å². The summed E-state index contributed by atoms with van der Waals surface area (Å²) in [5.41, 5.74) is 1.76. The summed E-state index contributed by atoms with van der Waals surface area (Å²) in [6.07, 6.45) is 2.60. The molecule has 8 heteroatoms. The number of hydrogen-bond acceptors (Lipinski definition) is 4. The summed E-state index contributed by atoms with van der Waals surface area (Å²) in [6.45, 7) is -1.24. The number of hydrogen-bond donors (Lipinski definition) is 2. The number of alkyl halides is 2. The van der Waals surface area contributed by atoms with Crippen LogP contribution in [0.15, 0.2) is 65.5 Å². The Labute approximate surface area is 164 Å². The average molecular weight is 397 g/mol. The van der Waals surface area contributed by atoms with Crippen molar-refractivity contribution in [2.24, 2.45) is 0 Å². The number of carbonyl (C=O) groups is 1. The number of nitrogens with zero attached hydrogens (tertiary/aromatic N) is 1. The lowest BCUT2D eigenvalue weighted by Gasteiger charge is -2.08. The van der Waals surface area contributed by atoms with Crippen molar-refractivity contribution in [2.45, 2.75) is 13.5 Å². The van der Waals surface area contributed by atoms with Crippen LogP contribution in [-0.2, 0) is 4.79 Å². The van der Waals surface area contributed by atoms with Gasteiger partial charge in [-0.25, -0.2) is 4.98 Å². The number of halogens is 2. The van der Waals surface area contributed by atoms with E-state index in [0.717, 1.165) is 0 Å². The molecule has 0 spiro atoms. The quantitative estimate of drug-likeness (QED) is 0.616. The van der Waals surface area contributed by atoms with E-state index >= 15 is 0 Å². The molecule has 0 fully saturated rings. The molecule has 1 heterocycles. The molecule has 3 aromatic rings. The Hall–Kier alpha value is -3.81. The first kappa shape index (κ1) is 19.9. The molecule has 148 valence electrons. The van der Waals surface area contributed by atoms with Gasteiger partial charge in [0.05, 0.1) is 0 Å². The highest BCUT2D eigenvalue weighted by Crippen LogP contribution is 2.22. The number of amides is 1. The molecule has 0 aliphatic carbocycles. The number of H-pyrrole nitrogens is 1. The van der Waals surface area contributed by atoms with Crippen molar-refractivity contribution in [3.63, 3.8) is 0 Å².